The van der Waals surface area contributed by atoms with Crippen molar-refractivity contribution in [2.24, 2.45) is 5.92 Å². The predicted molar refractivity (Wildman–Crippen MR) is 58.9 cm³/mol. The lowest BCUT2D eigenvalue weighted by Crippen LogP contribution is -2.28. The molecule has 0 bridgehead atoms. The monoisotopic (exact) mass is 225 g/mol. The van der Waals surface area contributed by atoms with Gasteiger partial charge in [0.1, 0.15) is 6.61 Å². The first kappa shape index (κ1) is 11.5. The number of hydrogen-bond acceptors (Lipinski definition) is 5. The molecular weight excluding hydrogens is 206 g/mol. The van der Waals surface area contributed by atoms with Crippen LogP contribution in [0.5, 0.6) is 0 Å². The smallest absolute Gasteiger partial charge is 0.252 e. The summed E-state index contributed by atoms with van der Waals surface area (Å²) in [4.78, 5) is 4.32. The van der Waals surface area contributed by atoms with E-state index < -0.39 is 0 Å². The number of nitrogens with zero attached hydrogens (tertiary/aromatic N) is 2. The van der Waals surface area contributed by atoms with Gasteiger partial charge >= 0.3 is 0 Å². The molecule has 90 valence electrons. The molecule has 1 N–H and O–H groups in total. The second kappa shape index (κ2) is 5.96. The zero-order valence-electron chi connectivity index (χ0n) is 9.74. The summed E-state index contributed by atoms with van der Waals surface area (Å²) in [6, 6.07) is 0. The molecule has 0 radical (unpaired) electrons. The van der Waals surface area contributed by atoms with Crippen molar-refractivity contribution in [1.29, 1.82) is 0 Å². The Bertz CT molecular complexity index is 308. The topological polar surface area (TPSA) is 60.2 Å². The van der Waals surface area contributed by atoms with E-state index in [0.717, 1.165) is 25.3 Å². The number of piperidine rings is 1. The van der Waals surface area contributed by atoms with E-state index in [1.807, 2.05) is 6.92 Å². The first-order valence-electron chi connectivity index (χ1n) is 5.98. The molecule has 1 aromatic rings. The molecule has 1 saturated heterocycles. The molecule has 2 heterocycles. The quantitative estimate of drug-likeness (QED) is 0.814. The Balaban J connectivity index is 1.81. The van der Waals surface area contributed by atoms with E-state index in [-0.39, 0.29) is 0 Å². The van der Waals surface area contributed by atoms with Crippen molar-refractivity contribution in [3.05, 3.63) is 11.7 Å². The Morgan fingerprint density at radius 2 is 2.25 bits per heavy atom. The van der Waals surface area contributed by atoms with Crippen molar-refractivity contribution in [1.82, 2.24) is 15.5 Å². The highest BCUT2D eigenvalue weighted by molar-refractivity contribution is 4.88. The lowest BCUT2D eigenvalue weighted by Gasteiger charge is -2.20. The van der Waals surface area contributed by atoms with Crippen LogP contribution in [0.25, 0.3) is 0 Å². The first-order valence-corrected chi connectivity index (χ1v) is 5.98. The van der Waals surface area contributed by atoms with Crippen molar-refractivity contribution in [2.75, 3.05) is 19.7 Å². The van der Waals surface area contributed by atoms with Gasteiger partial charge in [-0.3, -0.25) is 0 Å². The van der Waals surface area contributed by atoms with Crippen LogP contribution < -0.4 is 5.32 Å². The highest BCUT2D eigenvalue weighted by atomic mass is 16.5. The third kappa shape index (κ3) is 3.28. The minimum atomic E-state index is 0.426. The maximum Gasteiger partial charge on any atom is 0.252 e. The normalized spacial score (nSPS) is 17.8. The number of aromatic nitrogens is 2. The van der Waals surface area contributed by atoms with Crippen LogP contribution in [0, 0.1) is 5.92 Å². The molecule has 1 aliphatic rings. The van der Waals surface area contributed by atoms with Gasteiger partial charge in [0.15, 0.2) is 5.82 Å². The molecule has 1 aliphatic heterocycles. The van der Waals surface area contributed by atoms with E-state index in [9.17, 15) is 0 Å². The maximum absolute atomic E-state index is 5.22. The molecule has 1 aromatic heterocycles. The highest BCUT2D eigenvalue weighted by Gasteiger charge is 2.16. The summed E-state index contributed by atoms with van der Waals surface area (Å²) in [5.41, 5.74) is 0. The Kier molecular flexibility index (Phi) is 4.30. The summed E-state index contributed by atoms with van der Waals surface area (Å²) in [6.45, 7) is 5.26. The van der Waals surface area contributed by atoms with Gasteiger partial charge in [0.05, 0.1) is 0 Å². The molecule has 0 atom stereocenters. The summed E-state index contributed by atoms with van der Waals surface area (Å²) in [7, 11) is 0. The minimum absolute atomic E-state index is 0.426. The van der Waals surface area contributed by atoms with Crippen molar-refractivity contribution >= 4 is 0 Å². The van der Waals surface area contributed by atoms with Crippen LogP contribution in [0.4, 0.5) is 0 Å². The van der Waals surface area contributed by atoms with Crippen molar-refractivity contribution in [2.45, 2.75) is 32.8 Å². The van der Waals surface area contributed by atoms with Crippen LogP contribution in [-0.4, -0.2) is 29.8 Å². The summed E-state index contributed by atoms with van der Waals surface area (Å²) < 4.78 is 10.3. The standard InChI is InChI=1S/C11H19N3O2/c1-2-15-8-11-13-10(14-16-11)7-9-3-5-12-6-4-9/h9,12H,2-8H2,1H3. The van der Waals surface area contributed by atoms with Crippen LogP contribution in [-0.2, 0) is 17.8 Å². The minimum Gasteiger partial charge on any atom is -0.372 e. The van der Waals surface area contributed by atoms with Gasteiger partial charge < -0.3 is 14.6 Å². The van der Waals surface area contributed by atoms with Crippen LogP contribution in [0.3, 0.4) is 0 Å². The fraction of sp³-hybridized carbons (Fsp3) is 0.818. The molecule has 0 amide bonds. The summed E-state index contributed by atoms with van der Waals surface area (Å²) in [5, 5.41) is 7.33. The summed E-state index contributed by atoms with van der Waals surface area (Å²) >= 11 is 0. The fourth-order valence-electron chi connectivity index (χ4n) is 1.97. The average Bonchev–Trinajstić information content (AvgIpc) is 2.75. The average molecular weight is 225 g/mol. The second-order valence-electron chi connectivity index (χ2n) is 4.14. The van der Waals surface area contributed by atoms with E-state index in [0.29, 0.717) is 25.0 Å². The fourth-order valence-corrected chi connectivity index (χ4v) is 1.97. The first-order chi connectivity index (χ1) is 7.88. The second-order valence-corrected chi connectivity index (χ2v) is 4.14. The van der Waals surface area contributed by atoms with Gasteiger partial charge in [0.25, 0.3) is 5.89 Å². The molecule has 0 aromatic carbocycles. The number of nitrogens with one attached hydrogen (secondary N) is 1. The van der Waals surface area contributed by atoms with Gasteiger partial charge in [-0.25, -0.2) is 0 Å². The highest BCUT2D eigenvalue weighted by Crippen LogP contribution is 2.16. The number of hydrogen-bond donors (Lipinski definition) is 1. The van der Waals surface area contributed by atoms with Crippen molar-refractivity contribution in [3.63, 3.8) is 0 Å². The van der Waals surface area contributed by atoms with Gasteiger partial charge in [-0.15, -0.1) is 0 Å². The summed E-state index contributed by atoms with van der Waals surface area (Å²) in [5.74, 6) is 2.10. The largest absolute Gasteiger partial charge is 0.372 e. The predicted octanol–water partition coefficient (Wildman–Crippen LogP) is 1.15. The van der Waals surface area contributed by atoms with E-state index in [2.05, 4.69) is 15.5 Å². The molecule has 1 fully saturated rings. The molecule has 5 nitrogen and oxygen atoms in total. The maximum atomic E-state index is 5.22. The van der Waals surface area contributed by atoms with Crippen LogP contribution in [0.15, 0.2) is 4.52 Å². The lowest BCUT2D eigenvalue weighted by atomic mass is 9.94. The molecule has 0 spiro atoms. The van der Waals surface area contributed by atoms with E-state index in [1.165, 1.54) is 12.8 Å². The molecule has 0 unspecified atom stereocenters. The lowest BCUT2D eigenvalue weighted by molar-refractivity contribution is 0.109. The Morgan fingerprint density at radius 3 is 3.00 bits per heavy atom. The van der Waals surface area contributed by atoms with Gasteiger partial charge in [0, 0.05) is 13.0 Å². The van der Waals surface area contributed by atoms with Crippen LogP contribution >= 0.6 is 0 Å². The van der Waals surface area contributed by atoms with Crippen molar-refractivity contribution in [3.8, 4) is 0 Å². The Labute approximate surface area is 95.6 Å². The molecular formula is C11H19N3O2. The Hall–Kier alpha value is -0.940. The van der Waals surface area contributed by atoms with Gasteiger partial charge in [0.2, 0.25) is 0 Å². The number of rotatable bonds is 5. The summed E-state index contributed by atoms with van der Waals surface area (Å²) in [6.07, 6.45) is 3.34. The third-order valence-corrected chi connectivity index (χ3v) is 2.87. The molecule has 0 aliphatic carbocycles. The zero-order valence-corrected chi connectivity index (χ0v) is 9.74. The molecule has 5 heteroatoms. The SMILES string of the molecule is CCOCc1nc(CC2CCNCC2)no1. The van der Waals surface area contributed by atoms with Gasteiger partial charge in [-0.05, 0) is 38.8 Å². The van der Waals surface area contributed by atoms with Crippen LogP contribution in [0.1, 0.15) is 31.5 Å². The Morgan fingerprint density at radius 1 is 1.44 bits per heavy atom. The molecule has 2 rings (SSSR count). The van der Waals surface area contributed by atoms with Gasteiger partial charge in [-0.1, -0.05) is 5.16 Å². The van der Waals surface area contributed by atoms with E-state index >= 15 is 0 Å². The number of ether oxygens (including phenoxy) is 1. The molecule has 0 saturated carbocycles. The third-order valence-electron chi connectivity index (χ3n) is 2.87. The van der Waals surface area contributed by atoms with E-state index in [1.54, 1.807) is 0 Å². The van der Waals surface area contributed by atoms with E-state index in [4.69, 9.17) is 9.26 Å². The van der Waals surface area contributed by atoms with Gasteiger partial charge in [-0.2, -0.15) is 4.98 Å². The molecule has 16 heavy (non-hydrogen) atoms. The van der Waals surface area contributed by atoms with Crippen LogP contribution in [0.2, 0.25) is 0 Å². The van der Waals surface area contributed by atoms with Crippen molar-refractivity contribution < 1.29 is 9.26 Å². The zero-order chi connectivity index (χ0) is 11.2.